The van der Waals surface area contributed by atoms with E-state index >= 15 is 0 Å². The van der Waals surface area contributed by atoms with Crippen molar-refractivity contribution in [2.24, 2.45) is 5.73 Å². The van der Waals surface area contributed by atoms with Gasteiger partial charge in [0.15, 0.2) is 0 Å². The van der Waals surface area contributed by atoms with Crippen LogP contribution >= 0.6 is 12.4 Å². The zero-order chi connectivity index (χ0) is 14.1. The lowest BCUT2D eigenvalue weighted by Gasteiger charge is -2.20. The van der Waals surface area contributed by atoms with E-state index in [1.165, 1.54) is 6.92 Å². The Morgan fingerprint density at radius 2 is 1.95 bits per heavy atom. The van der Waals surface area contributed by atoms with E-state index in [9.17, 15) is 14.7 Å². The fourth-order valence-electron chi connectivity index (χ4n) is 1.42. The van der Waals surface area contributed by atoms with Crippen molar-refractivity contribution in [3.63, 3.8) is 0 Å². The molecule has 0 aliphatic rings. The Hall–Kier alpha value is -0.850. The third-order valence-electron chi connectivity index (χ3n) is 2.56. The number of hydrogen-bond acceptors (Lipinski definition) is 5. The molecule has 0 aromatic rings. The summed E-state index contributed by atoms with van der Waals surface area (Å²) >= 11 is 0. The Bertz CT molecular complexity index is 276. The molecule has 0 rings (SSSR count). The molecule has 19 heavy (non-hydrogen) atoms. The normalized spacial score (nSPS) is 14.8. The maximum Gasteiger partial charge on any atom is 0.328 e. The quantitative estimate of drug-likeness (QED) is 0.561. The molecule has 0 heterocycles. The number of rotatable bonds is 8. The predicted octanol–water partition coefficient (Wildman–Crippen LogP) is 0.354. The monoisotopic (exact) mass is 296 g/mol. The highest BCUT2D eigenvalue weighted by Gasteiger charge is 2.25. The molecule has 1 amide bonds. The summed E-state index contributed by atoms with van der Waals surface area (Å²) in [7, 11) is 0. The minimum Gasteiger partial charge on any atom is -0.464 e. The minimum atomic E-state index is -1.30. The standard InChI is InChI=1S/C12H24N2O4.ClH/c1-4-6-7-9(13)10(15)11(16)14-8(3)12(17)18-5-2;/h8-10,15H,4-7,13H2,1-3H3,(H,14,16);1H/t8?,9?,10-;/m0./s1. The molecule has 0 saturated heterocycles. The number of unbranched alkanes of at least 4 members (excludes halogenated alkanes) is 1. The van der Waals surface area contributed by atoms with E-state index in [0.29, 0.717) is 6.42 Å². The number of nitrogens with one attached hydrogen (secondary N) is 1. The molecule has 0 aliphatic carbocycles. The summed E-state index contributed by atoms with van der Waals surface area (Å²) < 4.78 is 4.74. The molecular formula is C12H25ClN2O4. The van der Waals surface area contributed by atoms with E-state index in [0.717, 1.165) is 12.8 Å². The molecule has 0 bridgehead atoms. The predicted molar refractivity (Wildman–Crippen MR) is 75.0 cm³/mol. The summed E-state index contributed by atoms with van der Waals surface area (Å²) in [4.78, 5) is 22.9. The van der Waals surface area contributed by atoms with Crippen molar-refractivity contribution in [2.45, 2.75) is 58.2 Å². The van der Waals surface area contributed by atoms with Crippen LogP contribution in [-0.2, 0) is 14.3 Å². The molecular weight excluding hydrogens is 272 g/mol. The smallest absolute Gasteiger partial charge is 0.328 e. The van der Waals surface area contributed by atoms with Crippen LogP contribution in [0.3, 0.4) is 0 Å². The number of ether oxygens (including phenoxy) is 1. The molecule has 0 aliphatic heterocycles. The van der Waals surface area contributed by atoms with Gasteiger partial charge in [0.05, 0.1) is 6.61 Å². The van der Waals surface area contributed by atoms with E-state index in [1.807, 2.05) is 6.92 Å². The second-order valence-corrected chi connectivity index (χ2v) is 4.23. The molecule has 0 aromatic heterocycles. The van der Waals surface area contributed by atoms with Gasteiger partial charge in [-0.25, -0.2) is 4.79 Å². The second-order valence-electron chi connectivity index (χ2n) is 4.23. The first-order valence-corrected chi connectivity index (χ1v) is 6.34. The number of esters is 1. The fourth-order valence-corrected chi connectivity index (χ4v) is 1.42. The number of carbonyl (C=O) groups is 2. The van der Waals surface area contributed by atoms with Gasteiger partial charge in [-0.2, -0.15) is 0 Å². The van der Waals surface area contributed by atoms with Crippen LogP contribution in [0.5, 0.6) is 0 Å². The van der Waals surface area contributed by atoms with Gasteiger partial charge in [-0.05, 0) is 20.3 Å². The molecule has 3 atom stereocenters. The molecule has 0 saturated carbocycles. The number of aliphatic hydroxyl groups excluding tert-OH is 1. The summed E-state index contributed by atoms with van der Waals surface area (Å²) in [5, 5.41) is 12.1. The average molecular weight is 297 g/mol. The van der Waals surface area contributed by atoms with E-state index < -0.39 is 30.1 Å². The summed E-state index contributed by atoms with van der Waals surface area (Å²) in [5.41, 5.74) is 5.69. The zero-order valence-electron chi connectivity index (χ0n) is 11.7. The molecule has 4 N–H and O–H groups in total. The molecule has 7 heteroatoms. The van der Waals surface area contributed by atoms with Gasteiger partial charge in [0.1, 0.15) is 12.1 Å². The maximum absolute atomic E-state index is 11.6. The number of halogens is 1. The van der Waals surface area contributed by atoms with Crippen molar-refractivity contribution in [2.75, 3.05) is 6.61 Å². The number of aliphatic hydroxyl groups is 1. The van der Waals surface area contributed by atoms with Crippen LogP contribution in [0.4, 0.5) is 0 Å². The van der Waals surface area contributed by atoms with Crippen LogP contribution in [0, 0.1) is 0 Å². The highest BCUT2D eigenvalue weighted by molar-refractivity contribution is 5.87. The highest BCUT2D eigenvalue weighted by atomic mass is 35.5. The van der Waals surface area contributed by atoms with Crippen LogP contribution < -0.4 is 11.1 Å². The van der Waals surface area contributed by atoms with E-state index in [-0.39, 0.29) is 19.0 Å². The summed E-state index contributed by atoms with van der Waals surface area (Å²) in [6.07, 6.45) is 1.06. The Labute approximate surface area is 120 Å². The van der Waals surface area contributed by atoms with Crippen molar-refractivity contribution in [1.82, 2.24) is 5.32 Å². The third-order valence-corrected chi connectivity index (χ3v) is 2.56. The second kappa shape index (κ2) is 11.0. The van der Waals surface area contributed by atoms with Crippen LogP contribution in [-0.4, -0.2) is 41.8 Å². The first-order chi connectivity index (χ1) is 8.43. The fraction of sp³-hybridized carbons (Fsp3) is 0.833. The zero-order valence-corrected chi connectivity index (χ0v) is 12.5. The van der Waals surface area contributed by atoms with Crippen molar-refractivity contribution in [1.29, 1.82) is 0 Å². The van der Waals surface area contributed by atoms with Crippen LogP contribution in [0.15, 0.2) is 0 Å². The first kappa shape index (κ1) is 20.5. The molecule has 0 aromatic carbocycles. The summed E-state index contributed by atoms with van der Waals surface area (Å²) in [6.45, 7) is 5.43. The number of nitrogens with two attached hydrogens (primary N) is 1. The SMILES string of the molecule is CCCCC(N)[C@H](O)C(=O)NC(C)C(=O)OCC.Cl. The number of amides is 1. The van der Waals surface area contributed by atoms with Gasteiger partial charge in [-0.1, -0.05) is 19.8 Å². The minimum absolute atomic E-state index is 0. The summed E-state index contributed by atoms with van der Waals surface area (Å²) in [6, 6.07) is -1.40. The van der Waals surface area contributed by atoms with Gasteiger partial charge in [-0.15, -0.1) is 12.4 Å². The number of hydrogen-bond donors (Lipinski definition) is 3. The summed E-state index contributed by atoms with van der Waals surface area (Å²) in [5.74, 6) is -1.17. The van der Waals surface area contributed by atoms with Gasteiger partial charge in [0.2, 0.25) is 0 Å². The molecule has 0 spiro atoms. The van der Waals surface area contributed by atoms with Gasteiger partial charge >= 0.3 is 5.97 Å². The van der Waals surface area contributed by atoms with Crippen molar-refractivity contribution in [3.8, 4) is 0 Å². The maximum atomic E-state index is 11.6. The third kappa shape index (κ3) is 8.02. The van der Waals surface area contributed by atoms with Crippen molar-refractivity contribution in [3.05, 3.63) is 0 Å². The van der Waals surface area contributed by atoms with Crippen LogP contribution in [0.2, 0.25) is 0 Å². The average Bonchev–Trinajstić information content (AvgIpc) is 2.34. The van der Waals surface area contributed by atoms with Crippen LogP contribution in [0.1, 0.15) is 40.0 Å². The van der Waals surface area contributed by atoms with Crippen LogP contribution in [0.25, 0.3) is 0 Å². The lowest BCUT2D eigenvalue weighted by atomic mass is 10.0. The lowest BCUT2D eigenvalue weighted by molar-refractivity contribution is -0.148. The highest BCUT2D eigenvalue weighted by Crippen LogP contribution is 2.03. The molecule has 6 nitrogen and oxygen atoms in total. The Morgan fingerprint density at radius 1 is 1.37 bits per heavy atom. The Morgan fingerprint density at radius 3 is 2.42 bits per heavy atom. The van der Waals surface area contributed by atoms with Crippen molar-refractivity contribution >= 4 is 24.3 Å². The first-order valence-electron chi connectivity index (χ1n) is 6.34. The van der Waals surface area contributed by atoms with E-state index in [4.69, 9.17) is 10.5 Å². The van der Waals surface area contributed by atoms with Crippen molar-refractivity contribution < 1.29 is 19.4 Å². The van der Waals surface area contributed by atoms with Gasteiger partial charge in [0, 0.05) is 6.04 Å². The topological polar surface area (TPSA) is 102 Å². The Kier molecular flexibility index (Phi) is 11.9. The lowest BCUT2D eigenvalue weighted by Crippen LogP contribution is -2.50. The van der Waals surface area contributed by atoms with Gasteiger partial charge in [-0.3, -0.25) is 4.79 Å². The largest absolute Gasteiger partial charge is 0.464 e. The number of carbonyl (C=O) groups excluding carboxylic acids is 2. The van der Waals surface area contributed by atoms with Gasteiger partial charge < -0.3 is 20.9 Å². The molecule has 0 radical (unpaired) electrons. The van der Waals surface area contributed by atoms with E-state index in [2.05, 4.69) is 5.32 Å². The van der Waals surface area contributed by atoms with Gasteiger partial charge in [0.25, 0.3) is 5.91 Å². The Balaban J connectivity index is 0. The van der Waals surface area contributed by atoms with E-state index in [1.54, 1.807) is 6.92 Å². The molecule has 2 unspecified atom stereocenters. The molecule has 0 fully saturated rings. The molecule has 114 valence electrons.